The Morgan fingerprint density at radius 1 is 1.00 bits per heavy atom. The van der Waals surface area contributed by atoms with Crippen molar-refractivity contribution in [3.05, 3.63) is 42.5 Å². The Morgan fingerprint density at radius 2 is 1.57 bits per heavy atom. The molecular formula is C19H30O2. The van der Waals surface area contributed by atoms with Crippen LogP contribution in [0.2, 0.25) is 0 Å². The maximum Gasteiger partial charge on any atom is 0.157 e. The van der Waals surface area contributed by atoms with Gasteiger partial charge in [-0.3, -0.25) is 0 Å². The average molecular weight is 290 g/mol. The maximum atomic E-state index is 5.85. The first-order valence-corrected chi connectivity index (χ1v) is 8.24. The molecule has 1 aromatic rings. The van der Waals surface area contributed by atoms with Gasteiger partial charge in [-0.25, -0.2) is 0 Å². The highest BCUT2D eigenvalue weighted by atomic mass is 16.7. The SMILES string of the molecule is C=C(CCC(OCCCC)OCCCC)c1ccccc1. The van der Waals surface area contributed by atoms with E-state index in [0.29, 0.717) is 0 Å². The summed E-state index contributed by atoms with van der Waals surface area (Å²) in [6.45, 7) is 10.1. The molecule has 0 fully saturated rings. The Labute approximate surface area is 130 Å². The summed E-state index contributed by atoms with van der Waals surface area (Å²) in [4.78, 5) is 0. The van der Waals surface area contributed by atoms with Crippen LogP contribution in [0.15, 0.2) is 36.9 Å². The Hall–Kier alpha value is -1.12. The van der Waals surface area contributed by atoms with Gasteiger partial charge in [-0.1, -0.05) is 63.6 Å². The molecule has 2 heteroatoms. The summed E-state index contributed by atoms with van der Waals surface area (Å²) in [6, 6.07) is 10.3. The maximum absolute atomic E-state index is 5.85. The lowest BCUT2D eigenvalue weighted by molar-refractivity contribution is -0.146. The fourth-order valence-electron chi connectivity index (χ4n) is 2.04. The second-order valence-corrected chi connectivity index (χ2v) is 5.39. The monoisotopic (exact) mass is 290 g/mol. The molecule has 0 saturated carbocycles. The molecule has 0 aromatic heterocycles. The molecule has 0 N–H and O–H groups in total. The first-order valence-electron chi connectivity index (χ1n) is 8.24. The van der Waals surface area contributed by atoms with E-state index in [-0.39, 0.29) is 6.29 Å². The molecule has 0 spiro atoms. The number of benzene rings is 1. The molecular weight excluding hydrogens is 260 g/mol. The van der Waals surface area contributed by atoms with E-state index in [2.05, 4.69) is 32.6 Å². The zero-order valence-corrected chi connectivity index (χ0v) is 13.6. The fourth-order valence-corrected chi connectivity index (χ4v) is 2.04. The summed E-state index contributed by atoms with van der Waals surface area (Å²) in [5.41, 5.74) is 2.36. The lowest BCUT2D eigenvalue weighted by atomic mass is 10.0. The normalized spacial score (nSPS) is 11.0. The van der Waals surface area contributed by atoms with Gasteiger partial charge in [0.15, 0.2) is 6.29 Å². The van der Waals surface area contributed by atoms with Crippen molar-refractivity contribution in [3.63, 3.8) is 0 Å². The van der Waals surface area contributed by atoms with Crippen molar-refractivity contribution >= 4 is 5.57 Å². The molecule has 0 radical (unpaired) electrons. The van der Waals surface area contributed by atoms with Crippen LogP contribution in [0.3, 0.4) is 0 Å². The van der Waals surface area contributed by atoms with E-state index in [0.717, 1.165) is 57.3 Å². The Morgan fingerprint density at radius 3 is 2.10 bits per heavy atom. The van der Waals surface area contributed by atoms with Crippen LogP contribution >= 0.6 is 0 Å². The van der Waals surface area contributed by atoms with Crippen LogP contribution in [-0.2, 0) is 9.47 Å². The van der Waals surface area contributed by atoms with Crippen molar-refractivity contribution in [2.45, 2.75) is 58.7 Å². The van der Waals surface area contributed by atoms with Crippen molar-refractivity contribution in [3.8, 4) is 0 Å². The fraction of sp³-hybridized carbons (Fsp3) is 0.579. The molecule has 0 atom stereocenters. The first kappa shape index (κ1) is 17.9. The van der Waals surface area contributed by atoms with Gasteiger partial charge in [-0.15, -0.1) is 0 Å². The van der Waals surface area contributed by atoms with Gasteiger partial charge in [-0.05, 0) is 30.4 Å². The predicted molar refractivity (Wildman–Crippen MR) is 90.2 cm³/mol. The van der Waals surface area contributed by atoms with E-state index in [9.17, 15) is 0 Å². The van der Waals surface area contributed by atoms with Gasteiger partial charge < -0.3 is 9.47 Å². The van der Waals surface area contributed by atoms with E-state index in [1.165, 1.54) is 5.56 Å². The van der Waals surface area contributed by atoms with E-state index >= 15 is 0 Å². The quantitative estimate of drug-likeness (QED) is 0.377. The Bertz CT molecular complexity index is 362. The molecule has 118 valence electrons. The molecule has 0 unspecified atom stereocenters. The smallest absolute Gasteiger partial charge is 0.157 e. The highest BCUT2D eigenvalue weighted by Gasteiger charge is 2.10. The summed E-state index contributed by atoms with van der Waals surface area (Å²) in [5.74, 6) is 0. The zero-order valence-electron chi connectivity index (χ0n) is 13.6. The van der Waals surface area contributed by atoms with Crippen LogP contribution < -0.4 is 0 Å². The molecule has 0 saturated heterocycles. The summed E-state index contributed by atoms with van der Waals surface area (Å²) in [6.07, 6.45) is 6.18. The Balaban J connectivity index is 2.37. The van der Waals surface area contributed by atoms with E-state index in [1.807, 2.05) is 18.2 Å². The lowest BCUT2D eigenvalue weighted by Crippen LogP contribution is -2.19. The van der Waals surface area contributed by atoms with E-state index in [1.54, 1.807) is 0 Å². The van der Waals surface area contributed by atoms with Gasteiger partial charge in [0.25, 0.3) is 0 Å². The van der Waals surface area contributed by atoms with Gasteiger partial charge in [-0.2, -0.15) is 0 Å². The van der Waals surface area contributed by atoms with Crippen LogP contribution in [0.1, 0.15) is 57.9 Å². The highest BCUT2D eigenvalue weighted by Crippen LogP contribution is 2.20. The highest BCUT2D eigenvalue weighted by molar-refractivity contribution is 5.62. The third kappa shape index (κ3) is 8.03. The van der Waals surface area contributed by atoms with Crippen molar-refractivity contribution in [2.24, 2.45) is 0 Å². The number of hydrogen-bond acceptors (Lipinski definition) is 2. The van der Waals surface area contributed by atoms with Gasteiger partial charge in [0, 0.05) is 19.6 Å². The second kappa shape index (κ2) is 11.5. The van der Waals surface area contributed by atoms with Crippen LogP contribution in [0.5, 0.6) is 0 Å². The molecule has 0 aliphatic rings. The number of ether oxygens (including phenoxy) is 2. The molecule has 1 aromatic carbocycles. The Kier molecular flexibility index (Phi) is 9.84. The molecule has 0 amide bonds. The molecule has 21 heavy (non-hydrogen) atoms. The molecule has 0 heterocycles. The standard InChI is InChI=1S/C19H30O2/c1-4-6-15-20-19(21-16-7-5-2)14-13-17(3)18-11-9-8-10-12-18/h8-12,19H,3-7,13-16H2,1-2H3. The van der Waals surface area contributed by atoms with Crippen LogP contribution in [0, 0.1) is 0 Å². The van der Waals surface area contributed by atoms with Gasteiger partial charge in [0.1, 0.15) is 0 Å². The van der Waals surface area contributed by atoms with Crippen molar-refractivity contribution in [1.29, 1.82) is 0 Å². The number of rotatable bonds is 12. The summed E-state index contributed by atoms with van der Waals surface area (Å²) in [5, 5.41) is 0. The topological polar surface area (TPSA) is 18.5 Å². The van der Waals surface area contributed by atoms with E-state index in [4.69, 9.17) is 9.47 Å². The molecule has 2 nitrogen and oxygen atoms in total. The van der Waals surface area contributed by atoms with Gasteiger partial charge >= 0.3 is 0 Å². The van der Waals surface area contributed by atoms with Crippen LogP contribution in [-0.4, -0.2) is 19.5 Å². The van der Waals surface area contributed by atoms with Crippen molar-refractivity contribution in [2.75, 3.05) is 13.2 Å². The number of allylic oxidation sites excluding steroid dienone is 1. The van der Waals surface area contributed by atoms with Crippen molar-refractivity contribution in [1.82, 2.24) is 0 Å². The van der Waals surface area contributed by atoms with Crippen LogP contribution in [0.4, 0.5) is 0 Å². The summed E-state index contributed by atoms with van der Waals surface area (Å²) >= 11 is 0. The second-order valence-electron chi connectivity index (χ2n) is 5.39. The average Bonchev–Trinajstić information content (AvgIpc) is 2.53. The number of unbranched alkanes of at least 4 members (excludes halogenated alkanes) is 2. The number of hydrogen-bond donors (Lipinski definition) is 0. The van der Waals surface area contributed by atoms with Crippen LogP contribution in [0.25, 0.3) is 5.57 Å². The summed E-state index contributed by atoms with van der Waals surface area (Å²) < 4.78 is 11.7. The molecule has 0 bridgehead atoms. The lowest BCUT2D eigenvalue weighted by Gasteiger charge is -2.19. The minimum absolute atomic E-state index is 0.0939. The van der Waals surface area contributed by atoms with Gasteiger partial charge in [0.05, 0.1) is 0 Å². The minimum Gasteiger partial charge on any atom is -0.353 e. The minimum atomic E-state index is -0.0939. The first-order chi connectivity index (χ1) is 10.3. The molecule has 0 aliphatic carbocycles. The largest absolute Gasteiger partial charge is 0.353 e. The third-order valence-electron chi connectivity index (χ3n) is 3.47. The third-order valence-corrected chi connectivity index (χ3v) is 3.47. The predicted octanol–water partition coefficient (Wildman–Crippen LogP) is 5.44. The molecule has 0 aliphatic heterocycles. The molecule has 1 rings (SSSR count). The summed E-state index contributed by atoms with van der Waals surface area (Å²) in [7, 11) is 0. The van der Waals surface area contributed by atoms with Gasteiger partial charge in [0.2, 0.25) is 0 Å². The zero-order chi connectivity index (χ0) is 15.3. The van der Waals surface area contributed by atoms with Crippen molar-refractivity contribution < 1.29 is 9.47 Å². The van der Waals surface area contributed by atoms with E-state index < -0.39 is 0 Å².